The molecule has 0 bridgehead atoms. The predicted octanol–water partition coefficient (Wildman–Crippen LogP) is 1.94. The van der Waals surface area contributed by atoms with Gasteiger partial charge in [-0.05, 0) is 40.8 Å². The molecule has 0 spiro atoms. The van der Waals surface area contributed by atoms with E-state index in [4.69, 9.17) is 4.74 Å². The van der Waals surface area contributed by atoms with Crippen LogP contribution in [0.15, 0.2) is 16.9 Å². The molecule has 0 aliphatic rings. The first kappa shape index (κ1) is 19.2. The van der Waals surface area contributed by atoms with Gasteiger partial charge in [-0.3, -0.25) is 9.48 Å². The number of ether oxygens (including phenoxy) is 1. The molecule has 0 radical (unpaired) electrons. The van der Waals surface area contributed by atoms with Crippen LogP contribution in [0.4, 0.5) is 0 Å². The van der Waals surface area contributed by atoms with E-state index >= 15 is 0 Å². The van der Waals surface area contributed by atoms with Gasteiger partial charge in [0.25, 0.3) is 0 Å². The molecule has 2 heterocycles. The number of hydrogen-bond acceptors (Lipinski definition) is 5. The summed E-state index contributed by atoms with van der Waals surface area (Å²) >= 11 is 3.37. The zero-order valence-corrected chi connectivity index (χ0v) is 16.7. The minimum atomic E-state index is -0.966. The molecule has 9 heteroatoms. The molecular formula is C15H23BrN4O3S. The topological polar surface area (TPSA) is 82.2 Å². The van der Waals surface area contributed by atoms with Crippen LogP contribution in [0.25, 0.3) is 0 Å². The Morgan fingerprint density at radius 1 is 1.46 bits per heavy atom. The number of carbonyl (C=O) groups is 1. The largest absolute Gasteiger partial charge is 0.382 e. The van der Waals surface area contributed by atoms with Crippen LogP contribution in [0.5, 0.6) is 0 Å². The standard InChI is InChI=1S/C15H23BrN4O3S/c1-19-15(16)12(8-17-19)14(22)13-7-11(9-21)20(18-13)10-23-5-6-24(2,3)4/h7-9,14,22H,5-6,10H2,1-4H3. The SMILES string of the molecule is Cn1ncc(C(O)c2cc(C=O)n(COCCS(C)(C)C)n2)c1Br. The van der Waals surface area contributed by atoms with Crippen LogP contribution in [0.3, 0.4) is 0 Å². The number of aryl methyl sites for hydroxylation is 1. The van der Waals surface area contributed by atoms with Gasteiger partial charge in [0.15, 0.2) is 6.29 Å². The zero-order valence-electron chi connectivity index (χ0n) is 14.3. The third kappa shape index (κ3) is 4.69. The Bertz CT molecular complexity index is 708. The van der Waals surface area contributed by atoms with Crippen LogP contribution < -0.4 is 0 Å². The van der Waals surface area contributed by atoms with E-state index in [1.165, 1.54) is 4.68 Å². The quantitative estimate of drug-likeness (QED) is 0.523. The molecule has 0 aromatic carbocycles. The maximum Gasteiger partial charge on any atom is 0.168 e. The fourth-order valence-corrected chi connectivity index (χ4v) is 3.05. The number of aldehydes is 1. The predicted molar refractivity (Wildman–Crippen MR) is 98.8 cm³/mol. The molecule has 1 atom stereocenters. The number of carbonyl (C=O) groups excluding carboxylic acids is 1. The first-order valence-electron chi connectivity index (χ1n) is 7.35. The minimum absolute atomic E-state index is 0.185. The van der Waals surface area contributed by atoms with Crippen molar-refractivity contribution in [1.29, 1.82) is 0 Å². The van der Waals surface area contributed by atoms with Gasteiger partial charge in [-0.25, -0.2) is 14.7 Å². The van der Waals surface area contributed by atoms with Crippen molar-refractivity contribution in [2.45, 2.75) is 12.8 Å². The average Bonchev–Trinajstić information content (AvgIpc) is 3.07. The van der Waals surface area contributed by atoms with Crippen molar-refractivity contribution >= 4 is 32.2 Å². The summed E-state index contributed by atoms with van der Waals surface area (Å²) in [5.41, 5.74) is 1.35. The number of aromatic nitrogens is 4. The van der Waals surface area contributed by atoms with Crippen molar-refractivity contribution in [1.82, 2.24) is 19.6 Å². The fraction of sp³-hybridized carbons (Fsp3) is 0.533. The van der Waals surface area contributed by atoms with Crippen LogP contribution in [0.2, 0.25) is 0 Å². The van der Waals surface area contributed by atoms with E-state index in [1.54, 1.807) is 24.0 Å². The van der Waals surface area contributed by atoms with E-state index in [0.717, 1.165) is 5.75 Å². The van der Waals surface area contributed by atoms with E-state index in [1.807, 2.05) is 0 Å². The van der Waals surface area contributed by atoms with Crippen molar-refractivity contribution in [3.8, 4) is 0 Å². The summed E-state index contributed by atoms with van der Waals surface area (Å²) in [5.74, 6) is 0.989. The highest BCUT2D eigenvalue weighted by atomic mass is 79.9. The number of aliphatic hydroxyl groups is 1. The van der Waals surface area contributed by atoms with E-state index in [9.17, 15) is 9.90 Å². The van der Waals surface area contributed by atoms with Crippen molar-refractivity contribution in [3.05, 3.63) is 33.8 Å². The molecule has 7 nitrogen and oxygen atoms in total. The number of rotatable bonds is 8. The first-order valence-corrected chi connectivity index (χ1v) is 11.2. The van der Waals surface area contributed by atoms with Gasteiger partial charge in [0.05, 0.1) is 18.5 Å². The summed E-state index contributed by atoms with van der Waals surface area (Å²) in [5, 5.41) is 18.9. The van der Waals surface area contributed by atoms with Crippen LogP contribution in [0, 0.1) is 0 Å². The fourth-order valence-electron chi connectivity index (χ4n) is 2.03. The van der Waals surface area contributed by atoms with E-state index in [-0.39, 0.29) is 6.73 Å². The van der Waals surface area contributed by atoms with Crippen molar-refractivity contribution in [2.24, 2.45) is 7.05 Å². The van der Waals surface area contributed by atoms with Gasteiger partial charge in [-0.2, -0.15) is 10.2 Å². The summed E-state index contributed by atoms with van der Waals surface area (Å²) in [6.07, 6.45) is 7.98. The van der Waals surface area contributed by atoms with Crippen LogP contribution in [-0.4, -0.2) is 62.1 Å². The highest BCUT2D eigenvalue weighted by molar-refractivity contribution is 9.10. The Hall–Kier alpha value is -1.16. The lowest BCUT2D eigenvalue weighted by Crippen LogP contribution is -2.13. The molecule has 1 unspecified atom stereocenters. The summed E-state index contributed by atoms with van der Waals surface area (Å²) in [4.78, 5) is 11.2. The van der Waals surface area contributed by atoms with Crippen LogP contribution in [-0.2, 0) is 18.5 Å². The summed E-state index contributed by atoms with van der Waals surface area (Å²) in [7, 11) is 1.15. The van der Waals surface area contributed by atoms with Gasteiger partial charge in [0.1, 0.15) is 23.1 Å². The molecule has 0 saturated carbocycles. The lowest BCUT2D eigenvalue weighted by Gasteiger charge is -2.24. The second-order valence-corrected chi connectivity index (χ2v) is 11.7. The molecule has 24 heavy (non-hydrogen) atoms. The lowest BCUT2D eigenvalue weighted by atomic mass is 10.1. The Labute approximate surface area is 151 Å². The van der Waals surface area contributed by atoms with Gasteiger partial charge in [0.2, 0.25) is 0 Å². The highest BCUT2D eigenvalue weighted by Crippen LogP contribution is 2.33. The Balaban J connectivity index is 2.09. The van der Waals surface area contributed by atoms with Crippen molar-refractivity contribution < 1.29 is 14.6 Å². The molecule has 0 saturated heterocycles. The monoisotopic (exact) mass is 418 g/mol. The molecule has 2 aromatic rings. The van der Waals surface area contributed by atoms with Crippen molar-refractivity contribution in [2.75, 3.05) is 31.1 Å². The number of nitrogens with zero attached hydrogens (tertiary/aromatic N) is 4. The summed E-state index contributed by atoms with van der Waals surface area (Å²) < 4.78 is 9.36. The number of aliphatic hydroxyl groups excluding tert-OH is 1. The molecular weight excluding hydrogens is 396 g/mol. The van der Waals surface area contributed by atoms with E-state index < -0.39 is 16.1 Å². The summed E-state index contributed by atoms with van der Waals surface area (Å²) in [6.45, 7) is 0.799. The Morgan fingerprint density at radius 3 is 2.71 bits per heavy atom. The maximum atomic E-state index is 11.2. The Kier molecular flexibility index (Phi) is 6.24. The summed E-state index contributed by atoms with van der Waals surface area (Å²) in [6, 6.07) is 1.56. The van der Waals surface area contributed by atoms with Gasteiger partial charge in [0, 0.05) is 18.4 Å². The normalized spacial score (nSPS) is 13.9. The highest BCUT2D eigenvalue weighted by Gasteiger charge is 2.21. The molecule has 2 rings (SSSR count). The average molecular weight is 419 g/mol. The minimum Gasteiger partial charge on any atom is -0.382 e. The third-order valence-electron chi connectivity index (χ3n) is 3.47. The van der Waals surface area contributed by atoms with Crippen LogP contribution >= 0.6 is 26.0 Å². The van der Waals surface area contributed by atoms with E-state index in [0.29, 0.717) is 34.4 Å². The van der Waals surface area contributed by atoms with Gasteiger partial charge in [-0.15, -0.1) is 0 Å². The molecule has 0 fully saturated rings. The number of halogens is 1. The first-order chi connectivity index (χ1) is 11.2. The molecule has 0 amide bonds. The molecule has 0 aliphatic carbocycles. The Morgan fingerprint density at radius 2 is 2.17 bits per heavy atom. The maximum absolute atomic E-state index is 11.2. The van der Waals surface area contributed by atoms with E-state index in [2.05, 4.69) is 44.9 Å². The van der Waals surface area contributed by atoms with Crippen molar-refractivity contribution in [3.63, 3.8) is 0 Å². The zero-order chi connectivity index (χ0) is 17.9. The second-order valence-electron chi connectivity index (χ2n) is 6.36. The second kappa shape index (κ2) is 7.81. The lowest BCUT2D eigenvalue weighted by molar-refractivity contribution is 0.0764. The van der Waals surface area contributed by atoms with Gasteiger partial charge < -0.3 is 9.84 Å². The van der Waals surface area contributed by atoms with Gasteiger partial charge in [-0.1, -0.05) is 0 Å². The molecule has 0 aliphatic heterocycles. The van der Waals surface area contributed by atoms with Crippen LogP contribution in [0.1, 0.15) is 27.8 Å². The number of hydrogen-bond donors (Lipinski definition) is 1. The molecule has 134 valence electrons. The third-order valence-corrected chi connectivity index (χ3v) is 5.83. The molecule has 2 aromatic heterocycles. The van der Waals surface area contributed by atoms with Gasteiger partial charge >= 0.3 is 0 Å². The molecule has 1 N–H and O–H groups in total. The smallest absolute Gasteiger partial charge is 0.168 e.